The summed E-state index contributed by atoms with van der Waals surface area (Å²) >= 11 is 0. The molecule has 2 atom stereocenters. The molecule has 1 unspecified atom stereocenters. The van der Waals surface area contributed by atoms with Gasteiger partial charge in [-0.2, -0.15) is 0 Å². The Balaban J connectivity index is 1.85. The molecule has 0 aromatic rings. The van der Waals surface area contributed by atoms with Gasteiger partial charge in [0.1, 0.15) is 0 Å². The van der Waals surface area contributed by atoms with E-state index in [2.05, 4.69) is 24.5 Å². The average Bonchev–Trinajstić information content (AvgIpc) is 2.40. The van der Waals surface area contributed by atoms with Crippen LogP contribution in [-0.4, -0.2) is 24.0 Å². The Labute approximate surface area is 111 Å². The second-order valence-corrected chi connectivity index (χ2v) is 6.38. The summed E-state index contributed by atoms with van der Waals surface area (Å²) < 4.78 is 0. The summed E-state index contributed by atoms with van der Waals surface area (Å²) in [5, 5.41) is 6.65. The fourth-order valence-corrected chi connectivity index (χ4v) is 3.37. The molecule has 1 heterocycles. The Hall–Kier alpha value is -0.570. The molecule has 18 heavy (non-hydrogen) atoms. The first-order valence-electron chi connectivity index (χ1n) is 7.68. The molecule has 2 N–H and O–H groups in total. The molecule has 1 saturated heterocycles. The number of rotatable bonds is 3. The first kappa shape index (κ1) is 13.9. The minimum absolute atomic E-state index is 0.209. The lowest BCUT2D eigenvalue weighted by Crippen LogP contribution is -2.59. The van der Waals surface area contributed by atoms with Gasteiger partial charge in [0, 0.05) is 6.04 Å². The van der Waals surface area contributed by atoms with Crippen LogP contribution in [-0.2, 0) is 4.79 Å². The SMILES string of the molecule is C[C@H](NC(=O)C1(C)CCCCN1)C1CCCCC1. The molecule has 2 fully saturated rings. The number of carbonyl (C=O) groups excluding carboxylic acids is 1. The summed E-state index contributed by atoms with van der Waals surface area (Å²) in [4.78, 5) is 12.4. The number of amides is 1. The first-order valence-corrected chi connectivity index (χ1v) is 7.68. The lowest BCUT2D eigenvalue weighted by molar-refractivity contribution is -0.129. The largest absolute Gasteiger partial charge is 0.352 e. The number of hydrogen-bond acceptors (Lipinski definition) is 2. The highest BCUT2D eigenvalue weighted by Crippen LogP contribution is 2.27. The molecule has 1 aliphatic carbocycles. The highest BCUT2D eigenvalue weighted by atomic mass is 16.2. The van der Waals surface area contributed by atoms with Crippen LogP contribution in [0.2, 0.25) is 0 Å². The maximum Gasteiger partial charge on any atom is 0.240 e. The number of piperidine rings is 1. The zero-order chi connectivity index (χ0) is 13.0. The van der Waals surface area contributed by atoms with E-state index in [0.29, 0.717) is 12.0 Å². The molecule has 0 radical (unpaired) electrons. The summed E-state index contributed by atoms with van der Waals surface area (Å²) in [6, 6.07) is 0.332. The zero-order valence-corrected chi connectivity index (χ0v) is 11.9. The third kappa shape index (κ3) is 3.25. The predicted molar refractivity (Wildman–Crippen MR) is 74.4 cm³/mol. The van der Waals surface area contributed by atoms with Crippen LogP contribution in [0.1, 0.15) is 65.2 Å². The van der Waals surface area contributed by atoms with Crippen LogP contribution < -0.4 is 10.6 Å². The van der Waals surface area contributed by atoms with Crippen molar-refractivity contribution in [1.29, 1.82) is 0 Å². The van der Waals surface area contributed by atoms with Gasteiger partial charge in [-0.25, -0.2) is 0 Å². The van der Waals surface area contributed by atoms with Crippen LogP contribution >= 0.6 is 0 Å². The van der Waals surface area contributed by atoms with Crippen molar-refractivity contribution in [1.82, 2.24) is 10.6 Å². The fraction of sp³-hybridized carbons (Fsp3) is 0.933. The van der Waals surface area contributed by atoms with Crippen LogP contribution in [0, 0.1) is 5.92 Å². The summed E-state index contributed by atoms with van der Waals surface area (Å²) in [5.41, 5.74) is -0.332. The molecule has 0 aromatic heterocycles. The van der Waals surface area contributed by atoms with E-state index in [1.807, 2.05) is 0 Å². The molecule has 2 aliphatic rings. The lowest BCUT2D eigenvalue weighted by Gasteiger charge is -2.36. The summed E-state index contributed by atoms with van der Waals surface area (Å²) in [6.45, 7) is 5.21. The van der Waals surface area contributed by atoms with Gasteiger partial charge in [0.05, 0.1) is 5.54 Å². The predicted octanol–water partition coefficient (Wildman–Crippen LogP) is 2.60. The minimum Gasteiger partial charge on any atom is -0.352 e. The van der Waals surface area contributed by atoms with Crippen molar-refractivity contribution in [2.24, 2.45) is 5.92 Å². The lowest BCUT2D eigenvalue weighted by atomic mass is 9.83. The molecule has 2 rings (SSSR count). The van der Waals surface area contributed by atoms with E-state index in [1.54, 1.807) is 0 Å². The van der Waals surface area contributed by atoms with Crippen molar-refractivity contribution < 1.29 is 4.79 Å². The Morgan fingerprint density at radius 3 is 2.56 bits per heavy atom. The number of nitrogens with one attached hydrogen (secondary N) is 2. The molecular formula is C15H28N2O. The Morgan fingerprint density at radius 2 is 1.94 bits per heavy atom. The Kier molecular flexibility index (Phi) is 4.66. The normalized spacial score (nSPS) is 31.9. The second-order valence-electron chi connectivity index (χ2n) is 6.38. The van der Waals surface area contributed by atoms with Crippen LogP contribution in [0.5, 0.6) is 0 Å². The van der Waals surface area contributed by atoms with Gasteiger partial charge in [0.25, 0.3) is 0 Å². The van der Waals surface area contributed by atoms with Crippen molar-refractivity contribution in [3.05, 3.63) is 0 Å². The molecule has 3 heteroatoms. The molecule has 0 bridgehead atoms. The van der Waals surface area contributed by atoms with Gasteiger partial charge >= 0.3 is 0 Å². The highest BCUT2D eigenvalue weighted by Gasteiger charge is 2.35. The molecular weight excluding hydrogens is 224 g/mol. The van der Waals surface area contributed by atoms with Gasteiger partial charge in [0.15, 0.2) is 0 Å². The van der Waals surface area contributed by atoms with E-state index < -0.39 is 0 Å². The van der Waals surface area contributed by atoms with Gasteiger partial charge in [-0.1, -0.05) is 19.3 Å². The standard InChI is InChI=1S/C15H28N2O/c1-12(13-8-4-3-5-9-13)17-14(18)15(2)10-6-7-11-16-15/h12-13,16H,3-11H2,1-2H3,(H,17,18)/t12-,15?/m0/s1. The van der Waals surface area contributed by atoms with Gasteiger partial charge in [-0.3, -0.25) is 4.79 Å². The number of hydrogen-bond donors (Lipinski definition) is 2. The van der Waals surface area contributed by atoms with Crippen LogP contribution in [0.4, 0.5) is 0 Å². The van der Waals surface area contributed by atoms with Crippen molar-refractivity contribution in [2.75, 3.05) is 6.54 Å². The second kappa shape index (κ2) is 6.05. The smallest absolute Gasteiger partial charge is 0.240 e. The van der Waals surface area contributed by atoms with E-state index in [-0.39, 0.29) is 11.4 Å². The molecule has 0 spiro atoms. The zero-order valence-electron chi connectivity index (χ0n) is 11.9. The molecule has 104 valence electrons. The average molecular weight is 252 g/mol. The van der Waals surface area contributed by atoms with Gasteiger partial charge in [-0.05, 0) is 58.4 Å². The van der Waals surface area contributed by atoms with E-state index in [1.165, 1.54) is 38.5 Å². The molecule has 0 aromatic carbocycles. The summed E-state index contributed by atoms with van der Waals surface area (Å²) in [5.74, 6) is 0.898. The Bertz CT molecular complexity index is 278. The van der Waals surface area contributed by atoms with Crippen LogP contribution in [0.3, 0.4) is 0 Å². The van der Waals surface area contributed by atoms with Crippen molar-refractivity contribution in [2.45, 2.75) is 76.8 Å². The third-order valence-corrected chi connectivity index (χ3v) is 4.84. The Morgan fingerprint density at radius 1 is 1.22 bits per heavy atom. The van der Waals surface area contributed by atoms with Crippen LogP contribution in [0.15, 0.2) is 0 Å². The molecule has 1 aliphatic heterocycles. The summed E-state index contributed by atoms with van der Waals surface area (Å²) in [7, 11) is 0. The van der Waals surface area contributed by atoms with Gasteiger partial charge in [-0.15, -0.1) is 0 Å². The maximum absolute atomic E-state index is 12.4. The van der Waals surface area contributed by atoms with Crippen molar-refractivity contribution in [3.63, 3.8) is 0 Å². The monoisotopic (exact) mass is 252 g/mol. The fourth-order valence-electron chi connectivity index (χ4n) is 3.37. The van der Waals surface area contributed by atoms with Crippen molar-refractivity contribution in [3.8, 4) is 0 Å². The summed E-state index contributed by atoms with van der Waals surface area (Å²) in [6.07, 6.45) is 9.93. The first-order chi connectivity index (χ1) is 8.62. The van der Waals surface area contributed by atoms with Gasteiger partial charge in [0.2, 0.25) is 5.91 Å². The maximum atomic E-state index is 12.4. The van der Waals surface area contributed by atoms with Gasteiger partial charge < -0.3 is 10.6 Å². The van der Waals surface area contributed by atoms with E-state index >= 15 is 0 Å². The topological polar surface area (TPSA) is 41.1 Å². The van der Waals surface area contributed by atoms with E-state index in [0.717, 1.165) is 19.4 Å². The third-order valence-electron chi connectivity index (χ3n) is 4.84. The number of carbonyl (C=O) groups is 1. The molecule has 1 amide bonds. The molecule has 1 saturated carbocycles. The quantitative estimate of drug-likeness (QED) is 0.810. The molecule has 3 nitrogen and oxygen atoms in total. The van der Waals surface area contributed by atoms with Crippen molar-refractivity contribution >= 4 is 5.91 Å². The highest BCUT2D eigenvalue weighted by molar-refractivity contribution is 5.86. The minimum atomic E-state index is -0.332. The van der Waals surface area contributed by atoms with E-state index in [9.17, 15) is 4.79 Å². The van der Waals surface area contributed by atoms with Crippen LogP contribution in [0.25, 0.3) is 0 Å². The van der Waals surface area contributed by atoms with E-state index in [4.69, 9.17) is 0 Å².